The number of carbonyl (C=O) groups excluding carboxylic acids is 3. The van der Waals surface area contributed by atoms with Gasteiger partial charge >= 0.3 is 17.9 Å². The fourth-order valence-electron chi connectivity index (χ4n) is 7.62. The van der Waals surface area contributed by atoms with Crippen molar-refractivity contribution in [2.75, 3.05) is 13.2 Å². The van der Waals surface area contributed by atoms with Crippen LogP contribution in [0.3, 0.4) is 0 Å². The average molecular weight is 907 g/mol. The number of rotatable bonds is 49. The van der Waals surface area contributed by atoms with Crippen LogP contribution in [0.5, 0.6) is 0 Å². The van der Waals surface area contributed by atoms with Gasteiger partial charge in [0, 0.05) is 19.3 Å². The van der Waals surface area contributed by atoms with Crippen LogP contribution in [0, 0.1) is 0 Å². The third-order valence-corrected chi connectivity index (χ3v) is 11.7. The SMILES string of the molecule is CC/C=C\C/C=C\C/C=C\C/C=C\C/C=C\C/C=C\CCCCCCC(=O)OCC(COC(=O)CCCCCCCCCC)OC(=O)CCCCCCCCCCCCCCCCCC. The molecule has 0 N–H and O–H groups in total. The molecular weight excluding hydrogens is 805 g/mol. The zero-order chi connectivity index (χ0) is 47.2. The van der Waals surface area contributed by atoms with Gasteiger partial charge in [-0.15, -0.1) is 0 Å². The van der Waals surface area contributed by atoms with E-state index in [9.17, 15) is 14.4 Å². The van der Waals surface area contributed by atoms with Crippen molar-refractivity contribution in [2.24, 2.45) is 0 Å². The van der Waals surface area contributed by atoms with Crippen LogP contribution in [0.15, 0.2) is 72.9 Å². The molecule has 65 heavy (non-hydrogen) atoms. The maximum absolute atomic E-state index is 12.8. The lowest BCUT2D eigenvalue weighted by Gasteiger charge is -2.18. The first-order chi connectivity index (χ1) is 32.0. The molecule has 374 valence electrons. The molecule has 1 atom stereocenters. The molecule has 0 saturated heterocycles. The molecule has 0 radical (unpaired) electrons. The summed E-state index contributed by atoms with van der Waals surface area (Å²) in [5.74, 6) is -0.904. The molecule has 1 unspecified atom stereocenters. The zero-order valence-corrected chi connectivity index (χ0v) is 42.7. The van der Waals surface area contributed by atoms with Gasteiger partial charge in [-0.25, -0.2) is 0 Å². The predicted octanol–water partition coefficient (Wildman–Crippen LogP) is 18.2. The summed E-state index contributed by atoms with van der Waals surface area (Å²) in [6.07, 6.45) is 67.6. The summed E-state index contributed by atoms with van der Waals surface area (Å²) < 4.78 is 16.8. The summed E-state index contributed by atoms with van der Waals surface area (Å²) in [6, 6.07) is 0. The maximum atomic E-state index is 12.8. The highest BCUT2D eigenvalue weighted by Gasteiger charge is 2.19. The molecule has 0 bridgehead atoms. The summed E-state index contributed by atoms with van der Waals surface area (Å²) >= 11 is 0. The normalized spacial score (nSPS) is 12.6. The van der Waals surface area contributed by atoms with Crippen molar-refractivity contribution in [1.29, 1.82) is 0 Å². The highest BCUT2D eigenvalue weighted by atomic mass is 16.6. The van der Waals surface area contributed by atoms with E-state index in [0.717, 1.165) is 109 Å². The Labute approximate surface area is 402 Å². The van der Waals surface area contributed by atoms with Crippen LogP contribution in [0.4, 0.5) is 0 Å². The number of hydrogen-bond donors (Lipinski definition) is 0. The van der Waals surface area contributed by atoms with Gasteiger partial charge in [-0.1, -0.05) is 248 Å². The number of unbranched alkanes of at least 4 members (excludes halogenated alkanes) is 26. The summed E-state index contributed by atoms with van der Waals surface area (Å²) in [5, 5.41) is 0. The Balaban J connectivity index is 4.30. The van der Waals surface area contributed by atoms with Crippen LogP contribution in [0.1, 0.15) is 265 Å². The second kappa shape index (κ2) is 53.5. The molecule has 6 heteroatoms. The number of allylic oxidation sites excluding steroid dienone is 12. The number of esters is 3. The van der Waals surface area contributed by atoms with Gasteiger partial charge in [0.1, 0.15) is 13.2 Å². The second-order valence-corrected chi connectivity index (χ2v) is 18.1. The topological polar surface area (TPSA) is 78.9 Å². The zero-order valence-electron chi connectivity index (χ0n) is 42.7. The van der Waals surface area contributed by atoms with Crippen molar-refractivity contribution >= 4 is 17.9 Å². The molecular formula is C59H102O6. The van der Waals surface area contributed by atoms with Crippen molar-refractivity contribution in [1.82, 2.24) is 0 Å². The average Bonchev–Trinajstić information content (AvgIpc) is 3.30. The fourth-order valence-corrected chi connectivity index (χ4v) is 7.62. The van der Waals surface area contributed by atoms with Crippen LogP contribution in [-0.2, 0) is 28.6 Å². The number of hydrogen-bond acceptors (Lipinski definition) is 6. The van der Waals surface area contributed by atoms with Crippen molar-refractivity contribution in [3.05, 3.63) is 72.9 Å². The Morgan fingerprint density at radius 1 is 0.323 bits per heavy atom. The lowest BCUT2D eigenvalue weighted by atomic mass is 10.0. The number of ether oxygens (including phenoxy) is 3. The summed E-state index contributed by atoms with van der Waals surface area (Å²) in [6.45, 7) is 6.49. The molecule has 0 spiro atoms. The number of carbonyl (C=O) groups is 3. The monoisotopic (exact) mass is 907 g/mol. The van der Waals surface area contributed by atoms with Crippen LogP contribution in [-0.4, -0.2) is 37.2 Å². The molecule has 0 amide bonds. The molecule has 0 aromatic rings. The largest absolute Gasteiger partial charge is 0.462 e. The Kier molecular flexibility index (Phi) is 50.9. The maximum Gasteiger partial charge on any atom is 0.306 e. The smallest absolute Gasteiger partial charge is 0.306 e. The Hall–Kier alpha value is -3.15. The van der Waals surface area contributed by atoms with Crippen LogP contribution in [0.25, 0.3) is 0 Å². The van der Waals surface area contributed by atoms with Gasteiger partial charge in [-0.2, -0.15) is 0 Å². The third-order valence-electron chi connectivity index (χ3n) is 11.7. The Bertz CT molecular complexity index is 1230. The van der Waals surface area contributed by atoms with Gasteiger partial charge < -0.3 is 14.2 Å². The first-order valence-electron chi connectivity index (χ1n) is 27.4. The van der Waals surface area contributed by atoms with E-state index in [0.29, 0.717) is 19.3 Å². The molecule has 0 heterocycles. The summed E-state index contributed by atoms with van der Waals surface area (Å²) in [5.41, 5.74) is 0. The van der Waals surface area contributed by atoms with Gasteiger partial charge in [0.2, 0.25) is 0 Å². The minimum atomic E-state index is -0.781. The highest BCUT2D eigenvalue weighted by molar-refractivity contribution is 5.71. The lowest BCUT2D eigenvalue weighted by Crippen LogP contribution is -2.30. The van der Waals surface area contributed by atoms with Gasteiger partial charge in [-0.3, -0.25) is 14.4 Å². The molecule has 0 aromatic heterocycles. The third kappa shape index (κ3) is 51.7. The molecule has 0 aliphatic rings. The van der Waals surface area contributed by atoms with E-state index in [1.807, 2.05) is 0 Å². The van der Waals surface area contributed by atoms with Crippen molar-refractivity contribution in [3.63, 3.8) is 0 Å². The summed E-state index contributed by atoms with van der Waals surface area (Å²) in [7, 11) is 0. The van der Waals surface area contributed by atoms with E-state index < -0.39 is 6.10 Å². The first kappa shape index (κ1) is 61.9. The Morgan fingerprint density at radius 3 is 0.938 bits per heavy atom. The van der Waals surface area contributed by atoms with Crippen molar-refractivity contribution in [3.8, 4) is 0 Å². The van der Waals surface area contributed by atoms with E-state index >= 15 is 0 Å². The van der Waals surface area contributed by atoms with Crippen molar-refractivity contribution in [2.45, 2.75) is 271 Å². The quantitative estimate of drug-likeness (QED) is 0.0262. The van der Waals surface area contributed by atoms with Crippen molar-refractivity contribution < 1.29 is 28.6 Å². The first-order valence-corrected chi connectivity index (χ1v) is 27.4. The molecule has 0 fully saturated rings. The van der Waals surface area contributed by atoms with Crippen LogP contribution >= 0.6 is 0 Å². The second-order valence-electron chi connectivity index (χ2n) is 18.1. The molecule has 0 aliphatic carbocycles. The van der Waals surface area contributed by atoms with E-state index in [4.69, 9.17) is 14.2 Å². The van der Waals surface area contributed by atoms with Crippen LogP contribution < -0.4 is 0 Å². The van der Waals surface area contributed by atoms with E-state index in [1.165, 1.54) is 116 Å². The molecule has 0 aromatic carbocycles. The standard InChI is InChI=1S/C59H102O6/c1-4-7-10-13-16-19-21-23-25-27-28-29-30-31-32-33-35-36-38-40-43-46-49-52-58(61)64-55-56(54-63-57(60)51-48-45-42-18-15-12-9-6-3)65-59(62)53-50-47-44-41-39-37-34-26-24-22-20-17-14-11-8-5-2/h7,10,16,19,23,25,28-29,31-32,35-36,56H,4-6,8-9,11-15,17-18,20-22,24,26-27,30,33-34,37-55H2,1-3H3/b10-7-,19-16-,25-23-,29-28-,32-31-,36-35-. The molecule has 0 aliphatic heterocycles. The minimum absolute atomic E-state index is 0.0809. The van der Waals surface area contributed by atoms with Gasteiger partial charge in [0.15, 0.2) is 6.10 Å². The van der Waals surface area contributed by atoms with E-state index in [-0.39, 0.29) is 31.1 Å². The van der Waals surface area contributed by atoms with Gasteiger partial charge in [-0.05, 0) is 70.6 Å². The highest BCUT2D eigenvalue weighted by Crippen LogP contribution is 2.16. The van der Waals surface area contributed by atoms with Gasteiger partial charge in [0.25, 0.3) is 0 Å². The predicted molar refractivity (Wildman–Crippen MR) is 279 cm³/mol. The lowest BCUT2D eigenvalue weighted by molar-refractivity contribution is -0.167. The Morgan fingerprint density at radius 2 is 0.600 bits per heavy atom. The molecule has 0 rings (SSSR count). The van der Waals surface area contributed by atoms with E-state index in [1.54, 1.807) is 0 Å². The van der Waals surface area contributed by atoms with E-state index in [2.05, 4.69) is 93.7 Å². The molecule has 0 saturated carbocycles. The van der Waals surface area contributed by atoms with Gasteiger partial charge in [0.05, 0.1) is 0 Å². The minimum Gasteiger partial charge on any atom is -0.462 e. The molecule has 6 nitrogen and oxygen atoms in total. The van der Waals surface area contributed by atoms with Crippen LogP contribution in [0.2, 0.25) is 0 Å². The fraction of sp³-hybridized carbons (Fsp3) is 0.746. The summed E-state index contributed by atoms with van der Waals surface area (Å²) in [4.78, 5) is 37.9.